The van der Waals surface area contributed by atoms with Gasteiger partial charge >= 0.3 is 0 Å². The molecular weight excluding hydrogens is 538 g/mol. The highest BCUT2D eigenvalue weighted by molar-refractivity contribution is 5.96. The zero-order chi connectivity index (χ0) is 29.6. The van der Waals surface area contributed by atoms with Crippen LogP contribution in [0.5, 0.6) is 0 Å². The van der Waals surface area contributed by atoms with Crippen LogP contribution in [0.3, 0.4) is 0 Å². The summed E-state index contributed by atoms with van der Waals surface area (Å²) < 4.78 is 0. The van der Waals surface area contributed by atoms with Crippen LogP contribution in [-0.2, 0) is 40.3 Å². The molecule has 0 saturated carbocycles. The van der Waals surface area contributed by atoms with Crippen LogP contribution in [0.1, 0.15) is 48.4 Å². The monoisotopic (exact) mass is 575 g/mol. The largest absolute Gasteiger partial charge is 0.343 e. The summed E-state index contributed by atoms with van der Waals surface area (Å²) in [4.78, 5) is 44.9. The molecule has 3 aliphatic heterocycles. The molecule has 4 aromatic rings. The van der Waals surface area contributed by atoms with Crippen molar-refractivity contribution in [1.29, 1.82) is 0 Å². The Morgan fingerprint density at radius 1 is 0.977 bits per heavy atom. The third-order valence-electron chi connectivity index (χ3n) is 9.84. The number of rotatable bonds is 5. The summed E-state index contributed by atoms with van der Waals surface area (Å²) in [6.07, 6.45) is 4.81. The molecule has 3 amide bonds. The quantitative estimate of drug-likeness (QED) is 0.346. The van der Waals surface area contributed by atoms with Gasteiger partial charge in [0.2, 0.25) is 17.7 Å². The van der Waals surface area contributed by atoms with E-state index in [2.05, 4.69) is 27.6 Å². The van der Waals surface area contributed by atoms with Gasteiger partial charge in [-0.05, 0) is 72.9 Å². The lowest BCUT2D eigenvalue weighted by Crippen LogP contribution is -2.47. The average molecular weight is 576 g/mol. The maximum absolute atomic E-state index is 14.3. The Morgan fingerprint density at radius 3 is 2.56 bits per heavy atom. The molecule has 1 unspecified atom stereocenters. The molecule has 7 rings (SSSR count). The first kappa shape index (κ1) is 27.4. The Labute approximate surface area is 251 Å². The Morgan fingerprint density at radius 2 is 1.74 bits per heavy atom. The molecular formula is C35H37N5O3. The van der Waals surface area contributed by atoms with Crippen molar-refractivity contribution >= 4 is 34.3 Å². The molecule has 0 radical (unpaired) electrons. The van der Waals surface area contributed by atoms with E-state index in [-0.39, 0.29) is 36.0 Å². The summed E-state index contributed by atoms with van der Waals surface area (Å²) in [6, 6.07) is 22.1. The molecule has 4 heterocycles. The van der Waals surface area contributed by atoms with Gasteiger partial charge in [-0.2, -0.15) is 5.10 Å². The molecule has 1 fully saturated rings. The zero-order valence-electron chi connectivity index (χ0n) is 24.5. The number of amides is 3. The Balaban J connectivity index is 1.09. The van der Waals surface area contributed by atoms with Crippen LogP contribution in [0.15, 0.2) is 72.9 Å². The second-order valence-corrected chi connectivity index (χ2v) is 12.8. The van der Waals surface area contributed by atoms with Crippen LogP contribution in [0.2, 0.25) is 0 Å². The van der Waals surface area contributed by atoms with Gasteiger partial charge in [-0.15, -0.1) is 0 Å². The van der Waals surface area contributed by atoms with Crippen molar-refractivity contribution in [3.05, 3.63) is 95.2 Å². The predicted molar refractivity (Wildman–Crippen MR) is 165 cm³/mol. The van der Waals surface area contributed by atoms with E-state index in [1.54, 1.807) is 0 Å². The molecule has 0 spiro atoms. The number of aromatic amines is 1. The number of para-hydroxylation sites is 1. The number of aromatic nitrogens is 2. The Bertz CT molecular complexity index is 1690. The van der Waals surface area contributed by atoms with Crippen molar-refractivity contribution < 1.29 is 14.4 Å². The number of hydrogen-bond donors (Lipinski definition) is 2. The number of carbonyl (C=O) groups is 3. The number of H-pyrrole nitrogens is 1. The van der Waals surface area contributed by atoms with E-state index in [4.69, 9.17) is 0 Å². The Hall–Kier alpha value is -4.46. The maximum atomic E-state index is 14.3. The fourth-order valence-electron chi connectivity index (χ4n) is 7.44. The lowest BCUT2D eigenvalue weighted by molar-refractivity contribution is -0.148. The van der Waals surface area contributed by atoms with Crippen molar-refractivity contribution in [2.75, 3.05) is 18.4 Å². The first-order valence-electron chi connectivity index (χ1n) is 15.3. The SMILES string of the molecule is C[C@@]1(CC(=O)N2CCC(C3Cc4ccccc4NC3=O)CC2)Cc2ccc3[nH]ncc3c2CN(Cc2ccccc2)C1=O. The smallest absolute Gasteiger partial charge is 0.229 e. The second-order valence-electron chi connectivity index (χ2n) is 12.8. The van der Waals surface area contributed by atoms with Gasteiger partial charge in [0.1, 0.15) is 0 Å². The third kappa shape index (κ3) is 5.19. The number of anilines is 1. The number of likely N-dealkylation sites (tertiary alicyclic amines) is 1. The first-order chi connectivity index (χ1) is 20.9. The molecule has 1 aromatic heterocycles. The maximum Gasteiger partial charge on any atom is 0.229 e. The zero-order valence-corrected chi connectivity index (χ0v) is 24.5. The minimum absolute atomic E-state index is 0.00461. The van der Waals surface area contributed by atoms with Crippen molar-refractivity contribution in [3.63, 3.8) is 0 Å². The van der Waals surface area contributed by atoms with Crippen LogP contribution >= 0.6 is 0 Å². The molecule has 0 bridgehead atoms. The number of carbonyl (C=O) groups excluding carboxylic acids is 3. The number of nitrogens with zero attached hydrogens (tertiary/aromatic N) is 3. The van der Waals surface area contributed by atoms with Crippen molar-refractivity contribution in [2.24, 2.45) is 17.3 Å². The van der Waals surface area contributed by atoms with Gasteiger partial charge < -0.3 is 15.1 Å². The summed E-state index contributed by atoms with van der Waals surface area (Å²) >= 11 is 0. The fourth-order valence-corrected chi connectivity index (χ4v) is 7.44. The molecule has 8 nitrogen and oxygen atoms in total. The molecule has 0 aliphatic carbocycles. The lowest BCUT2D eigenvalue weighted by Gasteiger charge is -2.39. The minimum atomic E-state index is -0.877. The van der Waals surface area contributed by atoms with Gasteiger partial charge in [-0.25, -0.2) is 0 Å². The highest BCUT2D eigenvalue weighted by atomic mass is 16.2. The predicted octanol–water partition coefficient (Wildman–Crippen LogP) is 5.09. The van der Waals surface area contributed by atoms with E-state index < -0.39 is 5.41 Å². The standard InChI is InChI=1S/C35H37N5O3/c1-35(19-32(41)39-15-13-24(14-16-39)27-17-25-9-5-6-10-30(25)37-33(27)42)18-26-11-12-31-28(20-36-38-31)29(26)22-40(34(35)43)21-23-7-3-2-4-8-23/h2-12,20,24,27H,13-19,21-22H2,1H3,(H,36,38)(H,37,42)/t27?,35-/m0/s1. The second kappa shape index (κ2) is 11.0. The summed E-state index contributed by atoms with van der Waals surface area (Å²) in [7, 11) is 0. The van der Waals surface area contributed by atoms with E-state index >= 15 is 0 Å². The van der Waals surface area contributed by atoms with Gasteiger partial charge in [-0.1, -0.05) is 54.6 Å². The molecule has 220 valence electrons. The topological polar surface area (TPSA) is 98.4 Å². The van der Waals surface area contributed by atoms with E-state index in [0.29, 0.717) is 32.6 Å². The lowest BCUT2D eigenvalue weighted by atomic mass is 9.77. The molecule has 8 heteroatoms. The fraction of sp³-hybridized carbons (Fsp3) is 0.371. The van der Waals surface area contributed by atoms with Gasteiger partial charge in [0, 0.05) is 49.6 Å². The van der Waals surface area contributed by atoms with Gasteiger partial charge in [0.25, 0.3) is 0 Å². The molecule has 1 saturated heterocycles. The summed E-state index contributed by atoms with van der Waals surface area (Å²) in [5, 5.41) is 11.4. The van der Waals surface area contributed by atoms with Gasteiger partial charge in [0.15, 0.2) is 0 Å². The number of nitrogens with one attached hydrogen (secondary N) is 2. The van der Waals surface area contributed by atoms with Crippen LogP contribution < -0.4 is 5.32 Å². The molecule has 2 N–H and O–H groups in total. The molecule has 3 aliphatic rings. The van der Waals surface area contributed by atoms with Crippen LogP contribution in [0.4, 0.5) is 5.69 Å². The number of hydrogen-bond acceptors (Lipinski definition) is 4. The Kier molecular flexibility index (Phi) is 7.00. The van der Waals surface area contributed by atoms with E-state index in [0.717, 1.165) is 52.5 Å². The van der Waals surface area contributed by atoms with Crippen molar-refractivity contribution in [1.82, 2.24) is 20.0 Å². The van der Waals surface area contributed by atoms with Crippen molar-refractivity contribution in [3.8, 4) is 0 Å². The summed E-state index contributed by atoms with van der Waals surface area (Å²) in [6.45, 7) is 4.13. The van der Waals surface area contributed by atoms with Crippen LogP contribution in [0, 0.1) is 17.3 Å². The van der Waals surface area contributed by atoms with E-state index in [1.165, 1.54) is 5.56 Å². The molecule has 2 atom stereocenters. The van der Waals surface area contributed by atoms with E-state index in [1.807, 2.05) is 77.5 Å². The first-order valence-corrected chi connectivity index (χ1v) is 15.3. The van der Waals surface area contributed by atoms with Gasteiger partial charge in [-0.3, -0.25) is 19.5 Å². The van der Waals surface area contributed by atoms with Crippen LogP contribution in [-0.4, -0.2) is 50.8 Å². The number of piperidine rings is 1. The van der Waals surface area contributed by atoms with Crippen LogP contribution in [0.25, 0.3) is 10.9 Å². The highest BCUT2D eigenvalue weighted by Crippen LogP contribution is 2.39. The van der Waals surface area contributed by atoms with E-state index in [9.17, 15) is 14.4 Å². The normalized spacial score (nSPS) is 22.6. The average Bonchev–Trinajstić information content (AvgIpc) is 3.47. The van der Waals surface area contributed by atoms with Gasteiger partial charge in [0.05, 0.1) is 17.1 Å². The highest BCUT2D eigenvalue weighted by Gasteiger charge is 2.44. The number of fused-ring (bicyclic) bond motifs is 4. The number of benzene rings is 3. The minimum Gasteiger partial charge on any atom is -0.343 e. The third-order valence-corrected chi connectivity index (χ3v) is 9.84. The molecule has 3 aromatic carbocycles. The summed E-state index contributed by atoms with van der Waals surface area (Å²) in [5.74, 6) is 0.267. The summed E-state index contributed by atoms with van der Waals surface area (Å²) in [5.41, 5.74) is 5.41. The molecule has 43 heavy (non-hydrogen) atoms. The van der Waals surface area contributed by atoms with Crippen molar-refractivity contribution in [2.45, 2.75) is 52.1 Å².